The Hall–Kier alpha value is -2.83. The lowest BCUT2D eigenvalue weighted by Crippen LogP contribution is -2.54. The van der Waals surface area contributed by atoms with Gasteiger partial charge in [0.05, 0.1) is 0 Å². The third-order valence-electron chi connectivity index (χ3n) is 5.79. The summed E-state index contributed by atoms with van der Waals surface area (Å²) in [6.07, 6.45) is 2.32. The quantitative estimate of drug-likeness (QED) is 0.484. The highest BCUT2D eigenvalue weighted by Crippen LogP contribution is 2.41. The number of alkyl carbamates (subject to hydrolysis) is 1. The zero-order chi connectivity index (χ0) is 26.5. The largest absolute Gasteiger partial charge is 0.444 e. The van der Waals surface area contributed by atoms with E-state index >= 15 is 0 Å². The Labute approximate surface area is 210 Å². The molecule has 4 atom stereocenters. The normalized spacial score (nSPS) is 19.0. The number of amides is 3. The highest BCUT2D eigenvalue weighted by atomic mass is 16.6. The maximum atomic E-state index is 14.1. The van der Waals surface area contributed by atoms with Crippen LogP contribution in [0.3, 0.4) is 0 Å². The minimum absolute atomic E-state index is 0.0899. The van der Waals surface area contributed by atoms with Gasteiger partial charge < -0.3 is 20.3 Å². The number of hydrogen-bond donors (Lipinski definition) is 2. The zero-order valence-corrected chi connectivity index (χ0v) is 22.6. The van der Waals surface area contributed by atoms with Crippen molar-refractivity contribution in [3.05, 3.63) is 42.0 Å². The van der Waals surface area contributed by atoms with Crippen molar-refractivity contribution < 1.29 is 19.1 Å². The molecule has 4 unspecified atom stereocenters. The third kappa shape index (κ3) is 8.41. The second kappa shape index (κ2) is 11.7. The molecule has 0 bridgehead atoms. The molecule has 1 aliphatic rings. The molecule has 1 saturated carbocycles. The van der Waals surface area contributed by atoms with Gasteiger partial charge in [-0.15, -0.1) is 0 Å². The van der Waals surface area contributed by atoms with Gasteiger partial charge >= 0.3 is 6.09 Å². The fourth-order valence-corrected chi connectivity index (χ4v) is 4.15. The van der Waals surface area contributed by atoms with Gasteiger partial charge in [-0.1, -0.05) is 51.6 Å². The van der Waals surface area contributed by atoms with Gasteiger partial charge in [0.2, 0.25) is 11.8 Å². The number of carbonyl (C=O) groups is 3. The molecular weight excluding hydrogens is 442 g/mol. The van der Waals surface area contributed by atoms with Crippen LogP contribution < -0.4 is 10.6 Å². The molecule has 35 heavy (non-hydrogen) atoms. The molecule has 2 rings (SSSR count). The lowest BCUT2D eigenvalue weighted by atomic mass is 9.97. The van der Waals surface area contributed by atoms with Crippen molar-refractivity contribution in [2.75, 3.05) is 0 Å². The molecule has 0 aromatic heterocycles. The van der Waals surface area contributed by atoms with Crippen molar-refractivity contribution in [2.24, 2.45) is 11.8 Å². The van der Waals surface area contributed by atoms with Crippen molar-refractivity contribution in [2.45, 2.75) is 98.0 Å². The van der Waals surface area contributed by atoms with E-state index in [9.17, 15) is 14.4 Å². The molecule has 1 aromatic carbocycles. The molecule has 2 N–H and O–H groups in total. The van der Waals surface area contributed by atoms with Crippen molar-refractivity contribution in [3.8, 4) is 0 Å². The number of hydrogen-bond acceptors (Lipinski definition) is 4. The van der Waals surface area contributed by atoms with Crippen LogP contribution in [0, 0.1) is 11.8 Å². The Morgan fingerprint density at radius 2 is 1.80 bits per heavy atom. The van der Waals surface area contributed by atoms with E-state index in [4.69, 9.17) is 4.74 Å². The van der Waals surface area contributed by atoms with Crippen LogP contribution in [0.4, 0.5) is 4.79 Å². The summed E-state index contributed by atoms with van der Waals surface area (Å²) in [6.45, 7) is 19.0. The van der Waals surface area contributed by atoms with E-state index in [-0.39, 0.29) is 35.7 Å². The molecule has 0 radical (unpaired) electrons. The van der Waals surface area contributed by atoms with Gasteiger partial charge in [-0.25, -0.2) is 4.79 Å². The summed E-state index contributed by atoms with van der Waals surface area (Å²) in [4.78, 5) is 42.0. The van der Waals surface area contributed by atoms with Crippen molar-refractivity contribution in [1.29, 1.82) is 0 Å². The van der Waals surface area contributed by atoms with E-state index in [0.717, 1.165) is 12.0 Å². The number of benzene rings is 1. The predicted octanol–water partition coefficient (Wildman–Crippen LogP) is 5.07. The molecule has 0 aliphatic heterocycles. The Morgan fingerprint density at radius 1 is 1.17 bits per heavy atom. The lowest BCUT2D eigenvalue weighted by Gasteiger charge is -2.36. The molecule has 194 valence electrons. The summed E-state index contributed by atoms with van der Waals surface area (Å²) >= 11 is 0. The molecule has 0 saturated heterocycles. The van der Waals surface area contributed by atoms with E-state index in [2.05, 4.69) is 24.1 Å². The third-order valence-corrected chi connectivity index (χ3v) is 5.79. The summed E-state index contributed by atoms with van der Waals surface area (Å²) < 4.78 is 5.44. The van der Waals surface area contributed by atoms with E-state index in [0.29, 0.717) is 12.0 Å². The van der Waals surface area contributed by atoms with Crippen molar-refractivity contribution in [1.82, 2.24) is 15.5 Å². The van der Waals surface area contributed by atoms with Gasteiger partial charge in [0, 0.05) is 12.1 Å². The molecule has 0 heterocycles. The zero-order valence-electron chi connectivity index (χ0n) is 22.6. The Morgan fingerprint density at radius 3 is 2.29 bits per heavy atom. The average Bonchev–Trinajstić information content (AvgIpc) is 3.44. The number of nitrogens with one attached hydrogen (secondary N) is 2. The van der Waals surface area contributed by atoms with Gasteiger partial charge in [-0.2, -0.15) is 0 Å². The van der Waals surface area contributed by atoms with Gasteiger partial charge in [0.1, 0.15) is 17.7 Å². The number of rotatable bonds is 10. The van der Waals surface area contributed by atoms with Crippen LogP contribution in [-0.4, -0.2) is 46.5 Å². The summed E-state index contributed by atoms with van der Waals surface area (Å²) in [5.41, 5.74) is 0.894. The molecule has 7 heteroatoms. The van der Waals surface area contributed by atoms with Crippen molar-refractivity contribution >= 4 is 24.0 Å². The molecule has 1 aliphatic carbocycles. The maximum absolute atomic E-state index is 14.1. The summed E-state index contributed by atoms with van der Waals surface area (Å²) in [6, 6.07) is 5.72. The summed E-state index contributed by atoms with van der Waals surface area (Å²) in [7, 11) is 0. The first kappa shape index (κ1) is 28.4. The van der Waals surface area contributed by atoms with Gasteiger partial charge in [0.25, 0.3) is 0 Å². The highest BCUT2D eigenvalue weighted by molar-refractivity contribution is 5.92. The van der Waals surface area contributed by atoms with Gasteiger partial charge in [0.15, 0.2) is 0 Å². The minimum atomic E-state index is -0.824. The molecule has 0 spiro atoms. The monoisotopic (exact) mass is 485 g/mol. The Balaban J connectivity index is 2.51. The lowest BCUT2D eigenvalue weighted by molar-refractivity contribution is -0.144. The molecular formula is C28H43N3O4. The summed E-state index contributed by atoms with van der Waals surface area (Å²) in [5.74, 6) is -0.109. The first-order valence-electron chi connectivity index (χ1n) is 12.6. The van der Waals surface area contributed by atoms with E-state index in [1.54, 1.807) is 31.7 Å². The van der Waals surface area contributed by atoms with Crippen LogP contribution in [0.2, 0.25) is 0 Å². The smallest absolute Gasteiger partial charge is 0.408 e. The van der Waals surface area contributed by atoms with Crippen LogP contribution >= 0.6 is 0 Å². The molecule has 1 fully saturated rings. The summed E-state index contributed by atoms with van der Waals surface area (Å²) in [5, 5.41) is 5.78. The average molecular weight is 486 g/mol. The second-order valence-corrected chi connectivity index (χ2v) is 11.3. The topological polar surface area (TPSA) is 87.7 Å². The number of ether oxygens (including phenoxy) is 1. The minimum Gasteiger partial charge on any atom is -0.444 e. The van der Waals surface area contributed by atoms with Gasteiger partial charge in [-0.05, 0) is 76.5 Å². The highest BCUT2D eigenvalue weighted by Gasteiger charge is 2.48. The fourth-order valence-electron chi connectivity index (χ4n) is 4.15. The van der Waals surface area contributed by atoms with Crippen LogP contribution in [0.25, 0.3) is 6.08 Å². The predicted molar refractivity (Wildman–Crippen MR) is 140 cm³/mol. The van der Waals surface area contributed by atoms with Gasteiger partial charge in [-0.3, -0.25) is 9.59 Å². The van der Waals surface area contributed by atoms with Crippen LogP contribution in [0.1, 0.15) is 85.4 Å². The second-order valence-electron chi connectivity index (χ2n) is 11.3. The van der Waals surface area contributed by atoms with Crippen molar-refractivity contribution in [3.63, 3.8) is 0 Å². The number of nitrogens with zero attached hydrogens (tertiary/aromatic N) is 1. The van der Waals surface area contributed by atoms with E-state index in [1.807, 2.05) is 52.0 Å². The van der Waals surface area contributed by atoms with Crippen LogP contribution in [0.5, 0.6) is 0 Å². The standard InChI is InChI=1S/C28H43N3O4/c1-10-20-12-11-13-21(16-20)24(25(32)29-18(4)5)31(23-15-19(23)6)26(33)22(14-17(2)3)30-27(34)35-28(7,8)9/h10-13,16-19,22-24H,1,14-15H2,2-9H3,(H,29,32)(H,30,34). The maximum Gasteiger partial charge on any atom is 0.408 e. The van der Waals surface area contributed by atoms with Crippen LogP contribution in [0.15, 0.2) is 30.8 Å². The SMILES string of the molecule is C=Cc1cccc(C(C(=O)NC(C)C)N(C(=O)C(CC(C)C)NC(=O)OC(C)(C)C)C2CC2C)c1. The van der Waals surface area contributed by atoms with E-state index in [1.165, 1.54) is 0 Å². The molecule has 3 amide bonds. The van der Waals surface area contributed by atoms with E-state index < -0.39 is 23.8 Å². The Bertz CT molecular complexity index is 919. The first-order chi connectivity index (χ1) is 16.2. The first-order valence-corrected chi connectivity index (χ1v) is 12.6. The Kier molecular flexibility index (Phi) is 9.52. The van der Waals surface area contributed by atoms with Crippen LogP contribution in [-0.2, 0) is 14.3 Å². The molecule has 7 nitrogen and oxygen atoms in total. The number of carbonyl (C=O) groups excluding carboxylic acids is 3. The molecule has 1 aromatic rings. The fraction of sp³-hybridized carbons (Fsp3) is 0.607.